The number of fused-ring (bicyclic) bond motifs is 1. The average molecular weight is 314 g/mol. The van der Waals surface area contributed by atoms with E-state index in [4.69, 9.17) is 4.74 Å². The highest BCUT2D eigenvalue weighted by atomic mass is 32.2. The lowest BCUT2D eigenvalue weighted by Gasteiger charge is -2.18. The van der Waals surface area contributed by atoms with Crippen molar-refractivity contribution in [1.82, 2.24) is 4.98 Å². The smallest absolute Gasteiger partial charge is 0.288 e. The predicted octanol–water partition coefficient (Wildman–Crippen LogP) is 4.29. The third-order valence-electron chi connectivity index (χ3n) is 3.65. The summed E-state index contributed by atoms with van der Waals surface area (Å²) in [4.78, 5) is 17.6. The molecular weight excluding hydrogens is 296 g/mol. The first-order valence-corrected chi connectivity index (χ1v) is 8.18. The molecule has 1 aromatic heterocycles. The van der Waals surface area contributed by atoms with Crippen LogP contribution in [0.4, 0.5) is 10.5 Å². The van der Waals surface area contributed by atoms with Crippen LogP contribution in [0.3, 0.4) is 0 Å². The van der Waals surface area contributed by atoms with Gasteiger partial charge in [0.1, 0.15) is 5.69 Å². The van der Waals surface area contributed by atoms with Crippen molar-refractivity contribution in [2.24, 2.45) is 0 Å². The van der Waals surface area contributed by atoms with E-state index in [0.717, 1.165) is 35.2 Å². The van der Waals surface area contributed by atoms with E-state index < -0.39 is 0 Å². The topological polar surface area (TPSA) is 51.2 Å². The summed E-state index contributed by atoms with van der Waals surface area (Å²) in [6.45, 7) is 0. The van der Waals surface area contributed by atoms with Gasteiger partial charge >= 0.3 is 0 Å². The minimum Gasteiger partial charge on any atom is -0.480 e. The zero-order valence-corrected chi connectivity index (χ0v) is 13.3. The third-order valence-corrected chi connectivity index (χ3v) is 4.45. The number of nitrogens with one attached hydrogen (secondary N) is 1. The number of hydrogen-bond donors (Lipinski definition) is 1. The Morgan fingerprint density at radius 3 is 2.77 bits per heavy atom. The first-order chi connectivity index (χ1) is 10.8. The van der Waals surface area contributed by atoms with Gasteiger partial charge in [0.05, 0.1) is 7.11 Å². The fourth-order valence-electron chi connectivity index (χ4n) is 2.59. The van der Waals surface area contributed by atoms with E-state index in [1.807, 2.05) is 36.4 Å². The van der Waals surface area contributed by atoms with Gasteiger partial charge in [0.2, 0.25) is 5.88 Å². The van der Waals surface area contributed by atoms with Gasteiger partial charge in [-0.15, -0.1) is 0 Å². The van der Waals surface area contributed by atoms with Crippen molar-refractivity contribution in [3.8, 4) is 5.88 Å². The summed E-state index contributed by atoms with van der Waals surface area (Å²) in [5, 5.41) is 2.76. The van der Waals surface area contributed by atoms with Crippen LogP contribution >= 0.6 is 11.8 Å². The molecule has 3 rings (SSSR count). The van der Waals surface area contributed by atoms with Crippen LogP contribution in [0.25, 0.3) is 0 Å². The van der Waals surface area contributed by atoms with Crippen LogP contribution in [0, 0.1) is 0 Å². The number of aryl methyl sites for hydroxylation is 2. The number of benzene rings is 1. The minimum atomic E-state index is -0.137. The van der Waals surface area contributed by atoms with Crippen LogP contribution in [0.15, 0.2) is 41.3 Å². The Morgan fingerprint density at radius 2 is 2.00 bits per heavy atom. The molecule has 1 aromatic carbocycles. The summed E-state index contributed by atoms with van der Waals surface area (Å²) < 4.78 is 5.33. The summed E-state index contributed by atoms with van der Waals surface area (Å²) in [5.74, 6) is 0.489. The zero-order valence-electron chi connectivity index (χ0n) is 12.5. The lowest BCUT2D eigenvalue weighted by Crippen LogP contribution is -2.11. The highest BCUT2D eigenvalue weighted by Crippen LogP contribution is 2.31. The number of methoxy groups -OCH3 is 1. The zero-order chi connectivity index (χ0) is 15.4. The van der Waals surface area contributed by atoms with E-state index in [1.165, 1.54) is 18.4 Å². The molecule has 0 saturated carbocycles. The summed E-state index contributed by atoms with van der Waals surface area (Å²) >= 11 is 1.16. The Bertz CT molecular complexity index is 674. The van der Waals surface area contributed by atoms with Crippen LogP contribution in [0.5, 0.6) is 5.88 Å². The van der Waals surface area contributed by atoms with Gasteiger partial charge in [-0.2, -0.15) is 0 Å². The van der Waals surface area contributed by atoms with Crippen molar-refractivity contribution in [3.63, 3.8) is 0 Å². The molecule has 0 unspecified atom stereocenters. The quantitative estimate of drug-likeness (QED) is 0.859. The number of ether oxygens (including phenoxy) is 1. The lowest BCUT2D eigenvalue weighted by molar-refractivity contribution is 0.269. The summed E-state index contributed by atoms with van der Waals surface area (Å²) in [7, 11) is 1.58. The van der Waals surface area contributed by atoms with Gasteiger partial charge in [-0.3, -0.25) is 4.79 Å². The molecule has 0 saturated heterocycles. The van der Waals surface area contributed by atoms with Crippen LogP contribution in [0.2, 0.25) is 0 Å². The fourth-order valence-corrected chi connectivity index (χ4v) is 3.26. The van der Waals surface area contributed by atoms with E-state index in [2.05, 4.69) is 10.3 Å². The molecule has 1 aliphatic rings. The maximum absolute atomic E-state index is 12.2. The average Bonchev–Trinajstić information content (AvgIpc) is 2.55. The van der Waals surface area contributed by atoms with Gasteiger partial charge < -0.3 is 10.1 Å². The molecule has 0 spiro atoms. The number of aromatic nitrogens is 1. The molecule has 0 atom stereocenters. The molecule has 2 aromatic rings. The van der Waals surface area contributed by atoms with E-state index >= 15 is 0 Å². The molecule has 0 radical (unpaired) electrons. The van der Waals surface area contributed by atoms with Crippen molar-refractivity contribution in [1.29, 1.82) is 0 Å². The molecule has 0 fully saturated rings. The maximum Gasteiger partial charge on any atom is 0.288 e. The number of carbonyl (C=O) groups excluding carboxylic acids is 1. The highest BCUT2D eigenvalue weighted by molar-refractivity contribution is 8.13. The normalized spacial score (nSPS) is 13.3. The predicted molar refractivity (Wildman–Crippen MR) is 88.7 cm³/mol. The van der Waals surface area contributed by atoms with Gasteiger partial charge in [0.25, 0.3) is 5.24 Å². The van der Waals surface area contributed by atoms with Crippen LogP contribution in [0.1, 0.15) is 24.1 Å². The van der Waals surface area contributed by atoms with Gasteiger partial charge in [0, 0.05) is 10.6 Å². The summed E-state index contributed by atoms with van der Waals surface area (Å²) in [6, 6.07) is 11.6. The molecule has 114 valence electrons. The molecular formula is C17H18N2O2S. The molecule has 1 aliphatic carbocycles. The van der Waals surface area contributed by atoms with E-state index in [0.29, 0.717) is 11.6 Å². The number of carbonyl (C=O) groups is 1. The molecule has 0 bridgehead atoms. The third kappa shape index (κ3) is 3.42. The van der Waals surface area contributed by atoms with Gasteiger partial charge in [0.15, 0.2) is 0 Å². The first-order valence-electron chi connectivity index (χ1n) is 7.37. The summed E-state index contributed by atoms with van der Waals surface area (Å²) in [5.41, 5.74) is 2.96. The Kier molecular flexibility index (Phi) is 4.63. The molecule has 1 N–H and O–H groups in total. The second kappa shape index (κ2) is 6.83. The van der Waals surface area contributed by atoms with Crippen LogP contribution in [-0.2, 0) is 12.8 Å². The maximum atomic E-state index is 12.2. The Labute approximate surface area is 134 Å². The SMILES string of the molecule is COc1nc2c(cc1NC(=O)Sc1ccccc1)CCCC2. The van der Waals surface area contributed by atoms with Crippen molar-refractivity contribution >= 4 is 22.7 Å². The number of thioether (sulfide) groups is 1. The van der Waals surface area contributed by atoms with E-state index in [-0.39, 0.29) is 5.24 Å². The standard InChI is InChI=1S/C17H18N2O2S/c1-21-16-15(11-12-7-5-6-10-14(12)18-16)19-17(20)22-13-8-3-2-4-9-13/h2-4,8-9,11H,5-7,10H2,1H3,(H,19,20). The number of nitrogens with zero attached hydrogens (tertiary/aromatic N) is 1. The summed E-state index contributed by atoms with van der Waals surface area (Å²) in [6.07, 6.45) is 4.34. The Morgan fingerprint density at radius 1 is 1.23 bits per heavy atom. The minimum absolute atomic E-state index is 0.137. The van der Waals surface area contributed by atoms with Crippen molar-refractivity contribution in [3.05, 3.63) is 47.7 Å². The number of hydrogen-bond acceptors (Lipinski definition) is 4. The second-order valence-electron chi connectivity index (χ2n) is 5.19. The number of rotatable bonds is 3. The number of pyridine rings is 1. The lowest BCUT2D eigenvalue weighted by atomic mass is 9.96. The largest absolute Gasteiger partial charge is 0.480 e. The number of amides is 1. The van der Waals surface area contributed by atoms with Crippen molar-refractivity contribution < 1.29 is 9.53 Å². The van der Waals surface area contributed by atoms with E-state index in [1.54, 1.807) is 7.11 Å². The van der Waals surface area contributed by atoms with Crippen molar-refractivity contribution in [2.45, 2.75) is 30.6 Å². The fraction of sp³-hybridized carbons (Fsp3) is 0.294. The molecule has 1 heterocycles. The van der Waals surface area contributed by atoms with Crippen LogP contribution in [-0.4, -0.2) is 17.3 Å². The Hall–Kier alpha value is -2.01. The van der Waals surface area contributed by atoms with Crippen LogP contribution < -0.4 is 10.1 Å². The first kappa shape index (κ1) is 14.9. The highest BCUT2D eigenvalue weighted by Gasteiger charge is 2.17. The molecule has 0 aliphatic heterocycles. The van der Waals surface area contributed by atoms with Gasteiger partial charge in [-0.05, 0) is 61.2 Å². The molecule has 5 heteroatoms. The van der Waals surface area contributed by atoms with Crippen molar-refractivity contribution in [2.75, 3.05) is 12.4 Å². The molecule has 1 amide bonds. The Balaban J connectivity index is 1.77. The monoisotopic (exact) mass is 314 g/mol. The molecule has 22 heavy (non-hydrogen) atoms. The second-order valence-corrected chi connectivity index (χ2v) is 6.23. The van der Waals surface area contributed by atoms with Gasteiger partial charge in [-0.25, -0.2) is 4.98 Å². The molecule has 4 nitrogen and oxygen atoms in total. The number of anilines is 1. The van der Waals surface area contributed by atoms with E-state index in [9.17, 15) is 4.79 Å². The van der Waals surface area contributed by atoms with Gasteiger partial charge in [-0.1, -0.05) is 18.2 Å².